The summed E-state index contributed by atoms with van der Waals surface area (Å²) >= 11 is 0. The highest BCUT2D eigenvalue weighted by molar-refractivity contribution is 5.90. The number of rotatable bonds is 9. The predicted molar refractivity (Wildman–Crippen MR) is 86.3 cm³/mol. The maximum absolute atomic E-state index is 12.3. The lowest BCUT2D eigenvalue weighted by Crippen LogP contribution is -2.42. The second kappa shape index (κ2) is 9.59. The van der Waals surface area contributed by atoms with Gasteiger partial charge < -0.3 is 10.2 Å². The van der Waals surface area contributed by atoms with Gasteiger partial charge in [0.2, 0.25) is 11.8 Å². The number of carbonyl (C=O) groups excluding carboxylic acids is 3. The summed E-state index contributed by atoms with van der Waals surface area (Å²) < 4.78 is 0. The van der Waals surface area contributed by atoms with Crippen molar-refractivity contribution in [2.75, 3.05) is 13.1 Å². The Hall–Kier alpha value is -1.39. The highest BCUT2D eigenvalue weighted by atomic mass is 16.2. The Balaban J connectivity index is 2.27. The van der Waals surface area contributed by atoms with Crippen LogP contribution in [0.4, 0.5) is 0 Å². The van der Waals surface area contributed by atoms with Crippen molar-refractivity contribution in [2.24, 2.45) is 5.92 Å². The van der Waals surface area contributed by atoms with Crippen LogP contribution in [0, 0.1) is 5.92 Å². The molecule has 1 unspecified atom stereocenters. The zero-order valence-corrected chi connectivity index (χ0v) is 14.2. The Labute approximate surface area is 133 Å². The van der Waals surface area contributed by atoms with Crippen molar-refractivity contribution in [3.8, 4) is 0 Å². The summed E-state index contributed by atoms with van der Waals surface area (Å²) in [4.78, 5) is 37.5. The molecular weight excluding hydrogens is 280 g/mol. The van der Waals surface area contributed by atoms with Crippen LogP contribution in [0.25, 0.3) is 0 Å². The fraction of sp³-hybridized carbons (Fsp3) is 0.824. The Morgan fingerprint density at radius 1 is 1.14 bits per heavy atom. The van der Waals surface area contributed by atoms with Gasteiger partial charge in [-0.3, -0.25) is 14.4 Å². The van der Waals surface area contributed by atoms with E-state index in [1.807, 2.05) is 20.8 Å². The van der Waals surface area contributed by atoms with E-state index in [-0.39, 0.29) is 29.6 Å². The van der Waals surface area contributed by atoms with Crippen LogP contribution in [-0.2, 0) is 14.4 Å². The summed E-state index contributed by atoms with van der Waals surface area (Å²) in [5, 5.41) is 2.77. The summed E-state index contributed by atoms with van der Waals surface area (Å²) in [5.41, 5.74) is 0. The zero-order chi connectivity index (χ0) is 16.5. The Morgan fingerprint density at radius 2 is 1.82 bits per heavy atom. The third-order valence-corrected chi connectivity index (χ3v) is 4.14. The van der Waals surface area contributed by atoms with Gasteiger partial charge in [-0.25, -0.2) is 0 Å². The van der Waals surface area contributed by atoms with E-state index in [9.17, 15) is 14.4 Å². The molecule has 126 valence electrons. The minimum atomic E-state index is -0.206. The number of carbonyl (C=O) groups is 3. The first-order valence-electron chi connectivity index (χ1n) is 8.57. The van der Waals surface area contributed by atoms with Gasteiger partial charge in [-0.2, -0.15) is 0 Å². The lowest BCUT2D eigenvalue weighted by atomic mass is 9.99. The predicted octanol–water partition coefficient (Wildman–Crippen LogP) is 2.29. The molecule has 0 aromatic carbocycles. The van der Waals surface area contributed by atoms with E-state index in [1.54, 1.807) is 4.90 Å². The average molecular weight is 310 g/mol. The largest absolute Gasteiger partial charge is 0.356 e. The van der Waals surface area contributed by atoms with Crippen LogP contribution in [0.2, 0.25) is 0 Å². The monoisotopic (exact) mass is 310 g/mol. The fourth-order valence-corrected chi connectivity index (χ4v) is 2.91. The molecule has 1 heterocycles. The minimum absolute atomic E-state index is 0.0181. The Bertz CT molecular complexity index is 393. The number of hydrogen-bond acceptors (Lipinski definition) is 3. The molecular formula is C17H30N2O3. The fourth-order valence-electron chi connectivity index (χ4n) is 2.91. The molecule has 5 nitrogen and oxygen atoms in total. The maximum atomic E-state index is 12.3. The van der Waals surface area contributed by atoms with E-state index in [2.05, 4.69) is 5.32 Å². The molecule has 1 aliphatic rings. The van der Waals surface area contributed by atoms with Gasteiger partial charge in [-0.05, 0) is 32.6 Å². The second-order valence-corrected chi connectivity index (χ2v) is 6.32. The number of Topliss-reactive ketones (excluding diaryl/α,β-unsaturated/α-hetero) is 1. The van der Waals surface area contributed by atoms with Gasteiger partial charge >= 0.3 is 0 Å². The number of unbranched alkanes of at least 4 members (excludes halogenated alkanes) is 2. The van der Waals surface area contributed by atoms with Crippen LogP contribution < -0.4 is 5.32 Å². The van der Waals surface area contributed by atoms with Gasteiger partial charge in [-0.15, -0.1) is 0 Å². The van der Waals surface area contributed by atoms with Gasteiger partial charge in [0.05, 0.1) is 6.04 Å². The van der Waals surface area contributed by atoms with Crippen LogP contribution in [-0.4, -0.2) is 41.6 Å². The number of amides is 2. The number of hydrogen-bond donors (Lipinski definition) is 1. The smallest absolute Gasteiger partial charge is 0.223 e. The Kier molecular flexibility index (Phi) is 8.13. The van der Waals surface area contributed by atoms with Crippen LogP contribution in [0.15, 0.2) is 0 Å². The Morgan fingerprint density at radius 3 is 2.45 bits per heavy atom. The van der Waals surface area contributed by atoms with Crippen LogP contribution in [0.5, 0.6) is 0 Å². The molecule has 0 spiro atoms. The quantitative estimate of drug-likeness (QED) is 0.664. The SMILES string of the molecule is CCNC(=O)CCCCCC(=O)N1CCCC1C(=O)C(C)C. The molecule has 2 amide bonds. The standard InChI is InChI=1S/C17H30N2O3/c1-4-18-15(20)10-6-5-7-11-16(21)19-12-8-9-14(19)17(22)13(2)3/h13-14H,4-12H2,1-3H3,(H,18,20). The third-order valence-electron chi connectivity index (χ3n) is 4.14. The van der Waals surface area contributed by atoms with E-state index in [4.69, 9.17) is 0 Å². The molecule has 0 aliphatic carbocycles. The van der Waals surface area contributed by atoms with E-state index < -0.39 is 0 Å². The molecule has 0 radical (unpaired) electrons. The number of ketones is 1. The third kappa shape index (κ3) is 5.78. The average Bonchev–Trinajstić information content (AvgIpc) is 2.95. The first kappa shape index (κ1) is 18.7. The minimum Gasteiger partial charge on any atom is -0.356 e. The number of nitrogens with one attached hydrogen (secondary N) is 1. The van der Waals surface area contributed by atoms with E-state index in [0.29, 0.717) is 25.9 Å². The van der Waals surface area contributed by atoms with E-state index in [0.717, 1.165) is 32.1 Å². The van der Waals surface area contributed by atoms with Crippen molar-refractivity contribution in [1.29, 1.82) is 0 Å². The maximum Gasteiger partial charge on any atom is 0.223 e. The van der Waals surface area contributed by atoms with Crippen molar-refractivity contribution in [2.45, 2.75) is 71.8 Å². The molecule has 0 aromatic heterocycles. The van der Waals surface area contributed by atoms with Gasteiger partial charge in [0.15, 0.2) is 5.78 Å². The summed E-state index contributed by atoms with van der Waals surface area (Å²) in [6.07, 6.45) is 5.22. The highest BCUT2D eigenvalue weighted by Crippen LogP contribution is 2.22. The molecule has 0 saturated carbocycles. The van der Waals surface area contributed by atoms with Gasteiger partial charge in [0.25, 0.3) is 0 Å². The summed E-state index contributed by atoms with van der Waals surface area (Å²) in [7, 11) is 0. The molecule has 1 fully saturated rings. The van der Waals surface area contributed by atoms with Crippen molar-refractivity contribution < 1.29 is 14.4 Å². The first-order chi connectivity index (χ1) is 10.5. The zero-order valence-electron chi connectivity index (χ0n) is 14.2. The number of nitrogens with zero attached hydrogens (tertiary/aromatic N) is 1. The highest BCUT2D eigenvalue weighted by Gasteiger charge is 2.34. The van der Waals surface area contributed by atoms with E-state index in [1.165, 1.54) is 0 Å². The van der Waals surface area contributed by atoms with Gasteiger partial charge in [0.1, 0.15) is 0 Å². The van der Waals surface area contributed by atoms with Crippen LogP contribution in [0.1, 0.15) is 65.7 Å². The summed E-state index contributed by atoms with van der Waals surface area (Å²) in [6.45, 7) is 7.06. The van der Waals surface area contributed by atoms with Crippen LogP contribution in [0.3, 0.4) is 0 Å². The molecule has 5 heteroatoms. The lowest BCUT2D eigenvalue weighted by Gasteiger charge is -2.25. The summed E-state index contributed by atoms with van der Waals surface area (Å²) in [5.74, 6) is 0.336. The lowest BCUT2D eigenvalue weighted by molar-refractivity contribution is -0.138. The molecule has 1 N–H and O–H groups in total. The molecule has 22 heavy (non-hydrogen) atoms. The van der Waals surface area contributed by atoms with Crippen LogP contribution >= 0.6 is 0 Å². The second-order valence-electron chi connectivity index (χ2n) is 6.32. The van der Waals surface area contributed by atoms with Gasteiger partial charge in [0, 0.05) is 31.8 Å². The summed E-state index contributed by atoms with van der Waals surface area (Å²) in [6, 6.07) is -0.206. The molecule has 1 aliphatic heterocycles. The topological polar surface area (TPSA) is 66.5 Å². The molecule has 0 bridgehead atoms. The van der Waals surface area contributed by atoms with Crippen molar-refractivity contribution in [3.63, 3.8) is 0 Å². The normalized spacial score (nSPS) is 17.8. The van der Waals surface area contributed by atoms with Crippen molar-refractivity contribution in [1.82, 2.24) is 10.2 Å². The van der Waals surface area contributed by atoms with Gasteiger partial charge in [-0.1, -0.05) is 20.3 Å². The van der Waals surface area contributed by atoms with Crippen molar-refractivity contribution >= 4 is 17.6 Å². The van der Waals surface area contributed by atoms with Crippen molar-refractivity contribution in [3.05, 3.63) is 0 Å². The molecule has 0 aromatic rings. The first-order valence-corrected chi connectivity index (χ1v) is 8.57. The van der Waals surface area contributed by atoms with E-state index >= 15 is 0 Å². The molecule has 1 atom stereocenters. The molecule has 1 saturated heterocycles. The number of likely N-dealkylation sites (tertiary alicyclic amines) is 1. The molecule has 1 rings (SSSR count).